The molecule has 3 aliphatic rings. The van der Waals surface area contributed by atoms with Crippen LogP contribution in [0.2, 0.25) is 0 Å². The zero-order chi connectivity index (χ0) is 38.3. The van der Waals surface area contributed by atoms with Gasteiger partial charge < -0.3 is 58.9 Å². The predicted octanol–water partition coefficient (Wildman–Crippen LogP) is 1.40. The van der Waals surface area contributed by atoms with Gasteiger partial charge in [-0.2, -0.15) is 0 Å². The first-order valence-corrected chi connectivity index (χ1v) is 18.0. The van der Waals surface area contributed by atoms with Crippen LogP contribution < -0.4 is 0 Å². The number of hydrogen-bond acceptors (Lipinski definition) is 14. The molecule has 3 heterocycles. The molecule has 0 aromatic heterocycles. The van der Waals surface area contributed by atoms with Gasteiger partial charge in [0.15, 0.2) is 12.6 Å². The van der Waals surface area contributed by atoms with Crippen molar-refractivity contribution in [2.24, 2.45) is 23.7 Å². The number of aliphatic hydroxyl groups is 5. The number of rotatable bonds is 6. The lowest BCUT2D eigenvalue weighted by atomic mass is 9.74. The fourth-order valence-electron chi connectivity index (χ4n) is 8.00. The molecule has 18 atom stereocenters. The number of carbonyl (C=O) groups excluding carboxylic acids is 2. The molecular weight excluding hydrogens is 654 g/mol. The number of aliphatic hydroxyl groups excluding tert-OH is 3. The van der Waals surface area contributed by atoms with E-state index in [9.17, 15) is 35.1 Å². The van der Waals surface area contributed by atoms with E-state index in [0.717, 1.165) is 0 Å². The maximum Gasteiger partial charge on any atom is 0.311 e. The lowest BCUT2D eigenvalue weighted by molar-refractivity contribution is -0.318. The molecule has 0 aromatic rings. The summed E-state index contributed by atoms with van der Waals surface area (Å²) < 4.78 is 36.8. The number of ketones is 1. The van der Waals surface area contributed by atoms with Crippen molar-refractivity contribution in [3.63, 3.8) is 0 Å². The fourth-order valence-corrected chi connectivity index (χ4v) is 8.00. The highest BCUT2D eigenvalue weighted by molar-refractivity contribution is 5.83. The van der Waals surface area contributed by atoms with Gasteiger partial charge in [0, 0.05) is 37.3 Å². The number of ether oxygens (including phenoxy) is 6. The summed E-state index contributed by atoms with van der Waals surface area (Å²) in [6.07, 6.45) is -9.90. The molecule has 5 N–H and O–H groups in total. The second-order valence-corrected chi connectivity index (χ2v) is 16.2. The maximum absolute atomic E-state index is 13.9. The van der Waals surface area contributed by atoms with Crippen LogP contribution in [0.4, 0.5) is 0 Å². The summed E-state index contributed by atoms with van der Waals surface area (Å²) in [5, 5.41) is 57.2. The molecule has 3 saturated heterocycles. The normalized spacial score (nSPS) is 50.5. The Hall–Kier alpha value is -1.30. The molecular formula is C36H65NO13. The summed E-state index contributed by atoms with van der Waals surface area (Å²) in [7, 11) is 5.17. The summed E-state index contributed by atoms with van der Waals surface area (Å²) in [4.78, 5) is 29.5. The van der Waals surface area contributed by atoms with Gasteiger partial charge in [0.2, 0.25) is 0 Å². The molecule has 292 valence electrons. The third-order valence-corrected chi connectivity index (χ3v) is 11.7. The Bertz CT molecular complexity index is 1150. The van der Waals surface area contributed by atoms with E-state index in [1.807, 2.05) is 25.9 Å². The Morgan fingerprint density at radius 1 is 0.840 bits per heavy atom. The van der Waals surface area contributed by atoms with Crippen molar-refractivity contribution in [2.75, 3.05) is 21.2 Å². The summed E-state index contributed by atoms with van der Waals surface area (Å²) in [6, 6.07) is -0.323. The first-order valence-electron chi connectivity index (χ1n) is 18.0. The molecule has 0 bridgehead atoms. The molecule has 0 radical (unpaired) electrons. The molecule has 0 saturated carbocycles. The van der Waals surface area contributed by atoms with Gasteiger partial charge >= 0.3 is 5.97 Å². The Morgan fingerprint density at radius 2 is 1.44 bits per heavy atom. The van der Waals surface area contributed by atoms with E-state index in [-0.39, 0.29) is 25.0 Å². The molecule has 14 nitrogen and oxygen atoms in total. The van der Waals surface area contributed by atoms with Crippen molar-refractivity contribution in [3.05, 3.63) is 0 Å². The number of nitrogens with zero attached hydrogens (tertiary/aromatic N) is 1. The Balaban J connectivity index is 2.16. The highest BCUT2D eigenvalue weighted by Crippen LogP contribution is 2.40. The highest BCUT2D eigenvalue weighted by atomic mass is 16.7. The lowest BCUT2D eigenvalue weighted by Crippen LogP contribution is -2.61. The quantitative estimate of drug-likeness (QED) is 0.247. The van der Waals surface area contributed by atoms with Crippen LogP contribution in [0, 0.1) is 23.7 Å². The van der Waals surface area contributed by atoms with Crippen molar-refractivity contribution in [1.82, 2.24) is 4.90 Å². The molecule has 50 heavy (non-hydrogen) atoms. The maximum atomic E-state index is 13.9. The summed E-state index contributed by atoms with van der Waals surface area (Å²) in [6.45, 7) is 16.0. The van der Waals surface area contributed by atoms with Crippen molar-refractivity contribution in [1.29, 1.82) is 0 Å². The van der Waals surface area contributed by atoms with Crippen LogP contribution in [0.5, 0.6) is 0 Å². The van der Waals surface area contributed by atoms with E-state index < -0.39 is 108 Å². The van der Waals surface area contributed by atoms with Gasteiger partial charge in [0.05, 0.1) is 47.6 Å². The Labute approximate surface area is 297 Å². The molecule has 3 fully saturated rings. The largest absolute Gasteiger partial charge is 0.459 e. The molecule has 0 spiro atoms. The highest BCUT2D eigenvalue weighted by Gasteiger charge is 2.53. The van der Waals surface area contributed by atoms with Crippen molar-refractivity contribution < 1.29 is 63.5 Å². The van der Waals surface area contributed by atoms with Crippen molar-refractivity contribution in [3.8, 4) is 0 Å². The first kappa shape index (κ1) is 43.1. The van der Waals surface area contributed by atoms with Gasteiger partial charge in [0.25, 0.3) is 0 Å². The van der Waals surface area contributed by atoms with Gasteiger partial charge in [-0.05, 0) is 75.4 Å². The van der Waals surface area contributed by atoms with E-state index in [1.165, 1.54) is 34.8 Å². The molecule has 0 unspecified atom stereocenters. The number of methoxy groups -OCH3 is 1. The van der Waals surface area contributed by atoms with Gasteiger partial charge in [-0.25, -0.2) is 0 Å². The smallest absolute Gasteiger partial charge is 0.311 e. The first-order chi connectivity index (χ1) is 22.9. The van der Waals surface area contributed by atoms with Crippen LogP contribution in [0.3, 0.4) is 0 Å². The number of likely N-dealkylation sites (N-methyl/N-ethyl adjacent to an activating group) is 1. The van der Waals surface area contributed by atoms with Crippen LogP contribution in [0.1, 0.15) is 88.5 Å². The van der Waals surface area contributed by atoms with Crippen LogP contribution in [0.25, 0.3) is 0 Å². The van der Waals surface area contributed by atoms with E-state index in [0.29, 0.717) is 6.42 Å². The van der Waals surface area contributed by atoms with Crippen LogP contribution in [-0.4, -0.2) is 148 Å². The average molecular weight is 720 g/mol. The zero-order valence-corrected chi connectivity index (χ0v) is 32.2. The third-order valence-electron chi connectivity index (χ3n) is 11.7. The van der Waals surface area contributed by atoms with Crippen molar-refractivity contribution in [2.45, 2.75) is 173 Å². The lowest BCUT2D eigenvalue weighted by Gasteiger charge is -2.49. The number of esters is 1. The second kappa shape index (κ2) is 16.4. The van der Waals surface area contributed by atoms with E-state index in [2.05, 4.69) is 0 Å². The van der Waals surface area contributed by atoms with Gasteiger partial charge in [0.1, 0.15) is 29.7 Å². The van der Waals surface area contributed by atoms with Crippen LogP contribution in [0.15, 0.2) is 0 Å². The summed E-state index contributed by atoms with van der Waals surface area (Å²) in [5.74, 6) is -5.00. The SMILES string of the molecule is CO[C@]1(C)C[C@H](O[C@H]2[C@H](C)[C@@H](O[C@@H]3O[C@H](C)C[C@H](N(C)C)[C@H]3O)[C@](C)(O)C[C@@H](C)C(=O)[C@H](C)[C@@H](O)[C@](C)(O)[C@@H](C)OC(=O)[C@@H]2C)O[C@@H](C)[C@@H]1O. The minimum absolute atomic E-state index is 0.0924. The van der Waals surface area contributed by atoms with E-state index >= 15 is 0 Å². The predicted molar refractivity (Wildman–Crippen MR) is 182 cm³/mol. The van der Waals surface area contributed by atoms with E-state index in [1.54, 1.807) is 34.6 Å². The monoisotopic (exact) mass is 719 g/mol. The molecule has 3 rings (SSSR count). The number of hydrogen-bond donors (Lipinski definition) is 5. The standard InChI is InChI=1S/C36H65NO13/c1-17-15-34(8,43)31(50-33-27(39)24(37(11)12)14-18(2)46-33)20(4)28(49-25-16-35(9,45-13)30(41)22(6)47-25)21(5)32(42)48-23(7)36(10,44)29(40)19(3)26(17)38/h17-25,27-31,33,39-41,43-44H,14-16H2,1-13H3/t17-,18-,19+,20+,21-,22+,23-,24+,25+,27-,28+,29-,30+,31-,33+,34-,35-,36-/m1/s1. The topological polar surface area (TPSA) is 194 Å². The number of carbonyl (C=O) groups is 2. The van der Waals surface area contributed by atoms with Crippen LogP contribution in [-0.2, 0) is 38.0 Å². The van der Waals surface area contributed by atoms with E-state index in [4.69, 9.17) is 28.4 Å². The number of cyclic esters (lactones) is 1. The Morgan fingerprint density at radius 3 is 2.00 bits per heavy atom. The molecule has 0 aliphatic carbocycles. The minimum atomic E-state index is -2.00. The van der Waals surface area contributed by atoms with Gasteiger partial charge in [-0.1, -0.05) is 20.8 Å². The second-order valence-electron chi connectivity index (χ2n) is 16.2. The summed E-state index contributed by atoms with van der Waals surface area (Å²) in [5.41, 5.74) is -4.85. The van der Waals surface area contributed by atoms with Crippen LogP contribution >= 0.6 is 0 Å². The number of Topliss-reactive ketones (excluding diaryl/α,β-unsaturated/α-hetero) is 1. The van der Waals surface area contributed by atoms with Gasteiger partial charge in [-0.3, -0.25) is 9.59 Å². The summed E-state index contributed by atoms with van der Waals surface area (Å²) >= 11 is 0. The molecule has 0 amide bonds. The molecule has 0 aromatic carbocycles. The fraction of sp³-hybridized carbons (Fsp3) is 0.944. The zero-order valence-electron chi connectivity index (χ0n) is 32.2. The van der Waals surface area contributed by atoms with Crippen molar-refractivity contribution >= 4 is 11.8 Å². The van der Waals surface area contributed by atoms with Gasteiger partial charge in [-0.15, -0.1) is 0 Å². The molecule has 3 aliphatic heterocycles. The third kappa shape index (κ3) is 9.07. The Kier molecular flexibility index (Phi) is 14.1. The molecule has 14 heteroatoms. The minimum Gasteiger partial charge on any atom is -0.459 e. The average Bonchev–Trinajstić information content (AvgIpc) is 3.03.